The molecule has 8 heteroatoms. The van der Waals surface area contributed by atoms with E-state index >= 15 is 0 Å². The molecule has 0 heterocycles. The van der Waals surface area contributed by atoms with E-state index in [2.05, 4.69) is 10.0 Å². The molecule has 30 heavy (non-hydrogen) atoms. The number of benzene rings is 3. The topological polar surface area (TPSA) is 84.5 Å². The third kappa shape index (κ3) is 5.88. The Labute approximate surface area is 174 Å². The Bertz CT molecular complexity index is 1090. The van der Waals surface area contributed by atoms with Crippen LogP contribution in [0.4, 0.5) is 10.1 Å². The van der Waals surface area contributed by atoms with Gasteiger partial charge in [0.05, 0.1) is 4.90 Å². The van der Waals surface area contributed by atoms with Gasteiger partial charge in [-0.1, -0.05) is 30.3 Å². The SMILES string of the molecule is CC(NS(=O)(=O)c1ccc(OCC(=O)Nc2ccc(F)cc2)cc1)c1ccccc1. The Balaban J connectivity index is 1.56. The first-order valence-electron chi connectivity index (χ1n) is 9.19. The molecule has 3 aromatic rings. The van der Waals surface area contributed by atoms with E-state index in [0.29, 0.717) is 11.4 Å². The number of hydrogen-bond acceptors (Lipinski definition) is 4. The van der Waals surface area contributed by atoms with Crippen molar-refractivity contribution in [1.29, 1.82) is 0 Å². The van der Waals surface area contributed by atoms with Crippen LogP contribution in [0, 0.1) is 5.82 Å². The highest BCUT2D eigenvalue weighted by atomic mass is 32.2. The summed E-state index contributed by atoms with van der Waals surface area (Å²) in [6, 6.07) is 20.0. The summed E-state index contributed by atoms with van der Waals surface area (Å²) in [5.74, 6) is -0.470. The van der Waals surface area contributed by atoms with Gasteiger partial charge in [-0.15, -0.1) is 0 Å². The van der Waals surface area contributed by atoms with Crippen LogP contribution in [-0.4, -0.2) is 20.9 Å². The molecule has 6 nitrogen and oxygen atoms in total. The first-order valence-corrected chi connectivity index (χ1v) is 10.7. The molecule has 0 saturated heterocycles. The molecule has 0 aromatic heterocycles. The molecule has 0 saturated carbocycles. The number of carbonyl (C=O) groups excluding carboxylic acids is 1. The molecule has 0 aliphatic carbocycles. The molecule has 0 radical (unpaired) electrons. The number of amides is 1. The van der Waals surface area contributed by atoms with E-state index in [0.717, 1.165) is 5.56 Å². The van der Waals surface area contributed by atoms with Gasteiger partial charge in [0.1, 0.15) is 11.6 Å². The zero-order valence-electron chi connectivity index (χ0n) is 16.2. The minimum absolute atomic E-state index is 0.0911. The molecule has 1 atom stereocenters. The number of nitrogens with one attached hydrogen (secondary N) is 2. The summed E-state index contributed by atoms with van der Waals surface area (Å²) in [7, 11) is -3.72. The van der Waals surface area contributed by atoms with Gasteiger partial charge in [-0.2, -0.15) is 0 Å². The Morgan fingerprint density at radius 2 is 1.60 bits per heavy atom. The van der Waals surface area contributed by atoms with Crippen molar-refractivity contribution in [2.45, 2.75) is 17.9 Å². The van der Waals surface area contributed by atoms with Crippen molar-refractivity contribution in [3.05, 3.63) is 90.2 Å². The van der Waals surface area contributed by atoms with Gasteiger partial charge in [0.2, 0.25) is 10.0 Å². The van der Waals surface area contributed by atoms with Crippen LogP contribution in [0.25, 0.3) is 0 Å². The lowest BCUT2D eigenvalue weighted by atomic mass is 10.1. The van der Waals surface area contributed by atoms with Crippen LogP contribution in [0.2, 0.25) is 0 Å². The summed E-state index contributed by atoms with van der Waals surface area (Å²) in [6.45, 7) is 1.50. The largest absolute Gasteiger partial charge is 0.484 e. The van der Waals surface area contributed by atoms with Gasteiger partial charge in [0.15, 0.2) is 6.61 Å². The maximum atomic E-state index is 12.9. The summed E-state index contributed by atoms with van der Waals surface area (Å²) in [6.07, 6.45) is 0. The van der Waals surface area contributed by atoms with Crippen molar-refractivity contribution in [2.24, 2.45) is 0 Å². The molecular weight excluding hydrogens is 407 g/mol. The Morgan fingerprint density at radius 1 is 0.967 bits per heavy atom. The van der Waals surface area contributed by atoms with Crippen molar-refractivity contribution in [3.8, 4) is 5.75 Å². The lowest BCUT2D eigenvalue weighted by molar-refractivity contribution is -0.118. The Morgan fingerprint density at radius 3 is 2.23 bits per heavy atom. The quantitative estimate of drug-likeness (QED) is 0.570. The van der Waals surface area contributed by atoms with Crippen molar-refractivity contribution < 1.29 is 22.3 Å². The number of rotatable bonds is 8. The summed E-state index contributed by atoms with van der Waals surface area (Å²) >= 11 is 0. The minimum atomic E-state index is -3.72. The Kier molecular flexibility index (Phi) is 6.81. The third-order valence-corrected chi connectivity index (χ3v) is 5.82. The molecule has 1 unspecified atom stereocenters. The summed E-state index contributed by atoms with van der Waals surface area (Å²) in [4.78, 5) is 12.0. The molecule has 3 rings (SSSR count). The number of hydrogen-bond donors (Lipinski definition) is 2. The highest BCUT2D eigenvalue weighted by Crippen LogP contribution is 2.19. The van der Waals surface area contributed by atoms with Gasteiger partial charge in [-0.3, -0.25) is 4.79 Å². The van der Waals surface area contributed by atoms with Gasteiger partial charge in [0.25, 0.3) is 5.91 Å². The van der Waals surface area contributed by atoms with E-state index < -0.39 is 21.7 Å². The van der Waals surface area contributed by atoms with Crippen molar-refractivity contribution in [3.63, 3.8) is 0 Å². The molecule has 156 valence electrons. The molecule has 1 amide bonds. The van der Waals surface area contributed by atoms with Crippen LogP contribution in [-0.2, 0) is 14.8 Å². The van der Waals surface area contributed by atoms with E-state index in [4.69, 9.17) is 4.74 Å². The maximum Gasteiger partial charge on any atom is 0.262 e. The summed E-state index contributed by atoms with van der Waals surface area (Å²) in [5, 5.41) is 2.58. The zero-order valence-corrected chi connectivity index (χ0v) is 17.0. The normalized spacial score (nSPS) is 12.2. The molecule has 0 spiro atoms. The van der Waals surface area contributed by atoms with E-state index in [1.165, 1.54) is 48.5 Å². The van der Waals surface area contributed by atoms with Crippen LogP contribution in [0.15, 0.2) is 83.8 Å². The van der Waals surface area contributed by atoms with E-state index in [-0.39, 0.29) is 17.5 Å². The second kappa shape index (κ2) is 9.51. The van der Waals surface area contributed by atoms with E-state index in [1.54, 1.807) is 6.92 Å². The number of sulfonamides is 1. The van der Waals surface area contributed by atoms with E-state index in [1.807, 2.05) is 30.3 Å². The molecule has 0 bridgehead atoms. The fourth-order valence-electron chi connectivity index (χ4n) is 2.70. The number of halogens is 1. The number of ether oxygens (including phenoxy) is 1. The fourth-order valence-corrected chi connectivity index (χ4v) is 3.94. The van der Waals surface area contributed by atoms with Crippen molar-refractivity contribution in [2.75, 3.05) is 11.9 Å². The monoisotopic (exact) mass is 428 g/mol. The average Bonchev–Trinajstić information content (AvgIpc) is 2.74. The molecule has 2 N–H and O–H groups in total. The first-order chi connectivity index (χ1) is 14.3. The van der Waals surface area contributed by atoms with Gasteiger partial charge in [-0.25, -0.2) is 17.5 Å². The van der Waals surface area contributed by atoms with Crippen LogP contribution >= 0.6 is 0 Å². The van der Waals surface area contributed by atoms with Gasteiger partial charge in [0, 0.05) is 11.7 Å². The van der Waals surface area contributed by atoms with Crippen LogP contribution in [0.1, 0.15) is 18.5 Å². The summed E-state index contributed by atoms with van der Waals surface area (Å²) < 4.78 is 46.0. The predicted molar refractivity (Wildman–Crippen MR) is 112 cm³/mol. The van der Waals surface area contributed by atoms with Crippen molar-refractivity contribution in [1.82, 2.24) is 4.72 Å². The summed E-state index contributed by atoms with van der Waals surface area (Å²) in [5.41, 5.74) is 1.30. The first kappa shape index (κ1) is 21.5. The molecule has 0 fully saturated rings. The van der Waals surface area contributed by atoms with Crippen molar-refractivity contribution >= 4 is 21.6 Å². The molecular formula is C22H21FN2O4S. The second-order valence-electron chi connectivity index (χ2n) is 6.57. The Hall–Kier alpha value is -3.23. The van der Waals surface area contributed by atoms with Crippen LogP contribution < -0.4 is 14.8 Å². The zero-order chi connectivity index (χ0) is 21.6. The van der Waals surface area contributed by atoms with E-state index in [9.17, 15) is 17.6 Å². The lowest BCUT2D eigenvalue weighted by Gasteiger charge is -2.15. The highest BCUT2D eigenvalue weighted by molar-refractivity contribution is 7.89. The number of carbonyl (C=O) groups is 1. The number of anilines is 1. The van der Waals surface area contributed by atoms with Gasteiger partial charge >= 0.3 is 0 Å². The van der Waals surface area contributed by atoms with Gasteiger partial charge in [-0.05, 0) is 61.0 Å². The average molecular weight is 428 g/mol. The standard InChI is InChI=1S/C22H21FN2O4S/c1-16(17-5-3-2-4-6-17)25-30(27,28)21-13-11-20(12-14-21)29-15-22(26)24-19-9-7-18(23)8-10-19/h2-14,16,25H,15H2,1H3,(H,24,26). The third-order valence-electron chi connectivity index (χ3n) is 4.26. The highest BCUT2D eigenvalue weighted by Gasteiger charge is 2.18. The fraction of sp³-hybridized carbons (Fsp3) is 0.136. The smallest absolute Gasteiger partial charge is 0.262 e. The van der Waals surface area contributed by atoms with Crippen LogP contribution in [0.5, 0.6) is 5.75 Å². The molecule has 3 aromatic carbocycles. The van der Waals surface area contributed by atoms with Gasteiger partial charge < -0.3 is 10.1 Å². The lowest BCUT2D eigenvalue weighted by Crippen LogP contribution is -2.26. The maximum absolute atomic E-state index is 12.9. The molecule has 0 aliphatic heterocycles. The second-order valence-corrected chi connectivity index (χ2v) is 8.28. The van der Waals surface area contributed by atoms with Crippen LogP contribution in [0.3, 0.4) is 0 Å². The minimum Gasteiger partial charge on any atom is -0.484 e. The predicted octanol–water partition coefficient (Wildman–Crippen LogP) is 3.88. The molecule has 0 aliphatic rings.